The van der Waals surface area contributed by atoms with Gasteiger partial charge in [-0.25, -0.2) is 9.18 Å². The van der Waals surface area contributed by atoms with Crippen molar-refractivity contribution < 1.29 is 23.6 Å². The molecule has 2 rings (SSSR count). The fraction of sp³-hybridized carbons (Fsp3) is 0.444. The van der Waals surface area contributed by atoms with Crippen LogP contribution in [-0.2, 0) is 16.0 Å². The van der Waals surface area contributed by atoms with Gasteiger partial charge in [-0.1, -0.05) is 19.0 Å². The van der Waals surface area contributed by atoms with E-state index in [0.29, 0.717) is 36.5 Å². The predicted octanol–water partition coefficient (Wildman–Crippen LogP) is 2.81. The maximum atomic E-state index is 12.9. The van der Waals surface area contributed by atoms with Crippen LogP contribution >= 0.6 is 0 Å². The molecule has 140 valence electrons. The standard InChI is InChI=1S/C18H22FN3O4/c1-11(2)10-14(18(24)25)20-15(23)4-3-5-16-21-17(22-26-16)12-6-8-13(19)9-7-12/h6-9,11,14H,3-5,10H2,1-2H3,(H,20,23)(H,24,25)/t14-/m1/s1. The van der Waals surface area contributed by atoms with Crippen molar-refractivity contribution in [1.29, 1.82) is 0 Å². The fourth-order valence-electron chi connectivity index (χ4n) is 2.43. The molecule has 1 atom stereocenters. The van der Waals surface area contributed by atoms with Gasteiger partial charge in [-0.2, -0.15) is 4.98 Å². The van der Waals surface area contributed by atoms with E-state index in [-0.39, 0.29) is 24.1 Å². The number of aryl methyl sites for hydroxylation is 1. The summed E-state index contributed by atoms with van der Waals surface area (Å²) in [5.74, 6) is -0.814. The van der Waals surface area contributed by atoms with E-state index in [1.165, 1.54) is 12.1 Å². The van der Waals surface area contributed by atoms with E-state index in [1.807, 2.05) is 13.8 Å². The van der Waals surface area contributed by atoms with Crippen molar-refractivity contribution in [3.8, 4) is 11.4 Å². The summed E-state index contributed by atoms with van der Waals surface area (Å²) in [6, 6.07) is 4.85. The van der Waals surface area contributed by atoms with Crippen LogP contribution in [0.1, 0.15) is 39.0 Å². The number of aliphatic carboxylic acids is 1. The summed E-state index contributed by atoms with van der Waals surface area (Å²) in [7, 11) is 0. The number of rotatable bonds is 9. The highest BCUT2D eigenvalue weighted by molar-refractivity contribution is 5.83. The Morgan fingerprint density at radius 3 is 2.58 bits per heavy atom. The predicted molar refractivity (Wildman–Crippen MR) is 91.7 cm³/mol. The molecule has 1 amide bonds. The molecular formula is C18H22FN3O4. The topological polar surface area (TPSA) is 105 Å². The molecule has 0 saturated carbocycles. The molecule has 2 aromatic rings. The number of carbonyl (C=O) groups is 2. The molecule has 0 bridgehead atoms. The van der Waals surface area contributed by atoms with E-state index in [2.05, 4.69) is 15.5 Å². The summed E-state index contributed by atoms with van der Waals surface area (Å²) in [5.41, 5.74) is 0.636. The van der Waals surface area contributed by atoms with Gasteiger partial charge < -0.3 is 14.9 Å². The highest BCUT2D eigenvalue weighted by Gasteiger charge is 2.20. The smallest absolute Gasteiger partial charge is 0.326 e. The highest BCUT2D eigenvalue weighted by atomic mass is 19.1. The van der Waals surface area contributed by atoms with E-state index < -0.39 is 12.0 Å². The maximum absolute atomic E-state index is 12.9. The summed E-state index contributed by atoms with van der Waals surface area (Å²) >= 11 is 0. The van der Waals surface area contributed by atoms with E-state index in [0.717, 1.165) is 0 Å². The van der Waals surface area contributed by atoms with Crippen molar-refractivity contribution in [1.82, 2.24) is 15.5 Å². The molecule has 0 aliphatic rings. The van der Waals surface area contributed by atoms with E-state index in [1.54, 1.807) is 12.1 Å². The quantitative estimate of drug-likeness (QED) is 0.710. The van der Waals surface area contributed by atoms with Gasteiger partial charge in [0.15, 0.2) is 0 Å². The molecule has 0 aliphatic heterocycles. The third-order valence-corrected chi connectivity index (χ3v) is 3.71. The number of hydrogen-bond acceptors (Lipinski definition) is 5. The summed E-state index contributed by atoms with van der Waals surface area (Å²) < 4.78 is 18.0. The molecular weight excluding hydrogens is 341 g/mol. The van der Waals surface area contributed by atoms with Gasteiger partial charge in [0.25, 0.3) is 0 Å². The Bertz CT molecular complexity index is 743. The molecule has 0 saturated heterocycles. The van der Waals surface area contributed by atoms with Crippen molar-refractivity contribution in [2.45, 2.75) is 45.6 Å². The first-order chi connectivity index (χ1) is 12.3. The van der Waals surface area contributed by atoms with Crippen LogP contribution in [-0.4, -0.2) is 33.2 Å². The van der Waals surface area contributed by atoms with Crippen molar-refractivity contribution in [3.63, 3.8) is 0 Å². The molecule has 7 nitrogen and oxygen atoms in total. The minimum Gasteiger partial charge on any atom is -0.480 e. The molecule has 0 unspecified atom stereocenters. The zero-order valence-corrected chi connectivity index (χ0v) is 14.7. The zero-order chi connectivity index (χ0) is 19.1. The van der Waals surface area contributed by atoms with E-state index >= 15 is 0 Å². The number of halogens is 1. The van der Waals surface area contributed by atoms with Gasteiger partial charge in [-0.15, -0.1) is 0 Å². The molecule has 1 heterocycles. The first kappa shape index (κ1) is 19.6. The van der Waals surface area contributed by atoms with E-state index in [4.69, 9.17) is 9.63 Å². The number of aromatic nitrogens is 2. The Hall–Kier alpha value is -2.77. The van der Waals surface area contributed by atoms with Crippen LogP contribution in [0, 0.1) is 11.7 Å². The van der Waals surface area contributed by atoms with Crippen molar-refractivity contribution >= 4 is 11.9 Å². The molecule has 0 spiro atoms. The van der Waals surface area contributed by atoms with Crippen LogP contribution in [0.4, 0.5) is 4.39 Å². The number of nitrogens with zero attached hydrogens (tertiary/aromatic N) is 2. The molecule has 8 heteroatoms. The van der Waals surface area contributed by atoms with Crippen molar-refractivity contribution in [3.05, 3.63) is 36.0 Å². The second kappa shape index (κ2) is 9.07. The molecule has 1 aromatic heterocycles. The van der Waals surface area contributed by atoms with Gasteiger partial charge in [0.1, 0.15) is 11.9 Å². The number of hydrogen-bond donors (Lipinski definition) is 2. The zero-order valence-electron chi connectivity index (χ0n) is 14.7. The van der Waals surface area contributed by atoms with Gasteiger partial charge in [-0.05, 0) is 43.0 Å². The summed E-state index contributed by atoms with van der Waals surface area (Å²) in [6.45, 7) is 3.80. The number of carboxylic acids is 1. The second-order valence-electron chi connectivity index (χ2n) is 6.46. The van der Waals surface area contributed by atoms with Crippen LogP contribution < -0.4 is 5.32 Å². The lowest BCUT2D eigenvalue weighted by atomic mass is 10.0. The third kappa shape index (κ3) is 5.94. The Morgan fingerprint density at radius 2 is 1.96 bits per heavy atom. The lowest BCUT2D eigenvalue weighted by molar-refractivity contribution is -0.142. The third-order valence-electron chi connectivity index (χ3n) is 3.71. The molecule has 0 aliphatic carbocycles. The number of carbonyl (C=O) groups excluding carboxylic acids is 1. The van der Waals surface area contributed by atoms with Crippen LogP contribution in [0.2, 0.25) is 0 Å². The largest absolute Gasteiger partial charge is 0.480 e. The average molecular weight is 363 g/mol. The van der Waals surface area contributed by atoms with Crippen LogP contribution in [0.5, 0.6) is 0 Å². The molecule has 0 radical (unpaired) electrons. The van der Waals surface area contributed by atoms with Gasteiger partial charge in [0, 0.05) is 18.4 Å². The van der Waals surface area contributed by atoms with Gasteiger partial charge >= 0.3 is 5.97 Å². The molecule has 0 fully saturated rings. The Labute approximate surface area is 150 Å². The average Bonchev–Trinajstić information content (AvgIpc) is 3.03. The normalized spacial score (nSPS) is 12.2. The first-order valence-electron chi connectivity index (χ1n) is 8.46. The van der Waals surface area contributed by atoms with Crippen LogP contribution in [0.25, 0.3) is 11.4 Å². The Balaban J connectivity index is 1.81. The highest BCUT2D eigenvalue weighted by Crippen LogP contribution is 2.17. The summed E-state index contributed by atoms with van der Waals surface area (Å²) in [4.78, 5) is 27.3. The minimum atomic E-state index is -1.03. The summed E-state index contributed by atoms with van der Waals surface area (Å²) in [5, 5.41) is 15.5. The molecule has 26 heavy (non-hydrogen) atoms. The van der Waals surface area contributed by atoms with Crippen molar-refractivity contribution in [2.24, 2.45) is 5.92 Å². The number of nitrogens with one attached hydrogen (secondary N) is 1. The minimum absolute atomic E-state index is 0.163. The molecule has 2 N–H and O–H groups in total. The number of carboxylic acid groups (broad SMARTS) is 1. The van der Waals surface area contributed by atoms with Crippen molar-refractivity contribution in [2.75, 3.05) is 0 Å². The maximum Gasteiger partial charge on any atom is 0.326 e. The number of amides is 1. The SMILES string of the molecule is CC(C)C[C@@H](NC(=O)CCCc1nc(-c2ccc(F)cc2)no1)C(=O)O. The second-order valence-corrected chi connectivity index (χ2v) is 6.46. The lowest BCUT2D eigenvalue weighted by Gasteiger charge is -2.16. The van der Waals surface area contributed by atoms with Gasteiger partial charge in [-0.3, -0.25) is 4.79 Å². The first-order valence-corrected chi connectivity index (χ1v) is 8.46. The fourth-order valence-corrected chi connectivity index (χ4v) is 2.43. The van der Waals surface area contributed by atoms with Crippen LogP contribution in [0.3, 0.4) is 0 Å². The lowest BCUT2D eigenvalue weighted by Crippen LogP contribution is -2.41. The van der Waals surface area contributed by atoms with Crippen LogP contribution in [0.15, 0.2) is 28.8 Å². The number of benzene rings is 1. The van der Waals surface area contributed by atoms with E-state index in [9.17, 15) is 14.0 Å². The molecule has 1 aromatic carbocycles. The van der Waals surface area contributed by atoms with Gasteiger partial charge in [0.2, 0.25) is 17.6 Å². The Morgan fingerprint density at radius 1 is 1.27 bits per heavy atom. The van der Waals surface area contributed by atoms with Gasteiger partial charge in [0.05, 0.1) is 0 Å². The summed E-state index contributed by atoms with van der Waals surface area (Å²) in [6.07, 6.45) is 1.39. The monoisotopic (exact) mass is 363 g/mol. The Kier molecular flexibility index (Phi) is 6.82.